The molecule has 0 radical (unpaired) electrons. The van der Waals surface area contributed by atoms with E-state index in [1.54, 1.807) is 59.4 Å². The Morgan fingerprint density at radius 3 is 2.42 bits per heavy atom. The number of aromatic hydroxyl groups is 2. The van der Waals surface area contributed by atoms with Gasteiger partial charge in [0.25, 0.3) is 0 Å². The first kappa shape index (κ1) is 35.7. The molecular weight excluding hydrogens is 708 g/mol. The number of aromatic nitrogens is 6. The van der Waals surface area contributed by atoms with Gasteiger partial charge in [-0.2, -0.15) is 9.97 Å². The van der Waals surface area contributed by atoms with Gasteiger partial charge in [0.2, 0.25) is 5.95 Å². The lowest BCUT2D eigenvalue weighted by Gasteiger charge is -2.22. The summed E-state index contributed by atoms with van der Waals surface area (Å²) in [5, 5.41) is 55.7. The SMILES string of the molecule is CCc1cc([C@H]2O[C@@H](n3cnc4c(NCC(c5ccc(O)cc5)c5ccc(O)cc5)nc(N5CC[C@@H](NC(=O)Nc6cccnc6)C5)nc43)[C@H](O)[C@@H]2O)on1. The Hall–Kier alpha value is -6.30. The molecule has 4 aromatic heterocycles. The van der Waals surface area contributed by atoms with Crippen LogP contribution in [0.25, 0.3) is 11.2 Å². The number of nitrogens with one attached hydrogen (secondary N) is 3. The molecule has 0 spiro atoms. The zero-order valence-electron chi connectivity index (χ0n) is 29.7. The van der Waals surface area contributed by atoms with Crippen LogP contribution in [-0.4, -0.2) is 94.0 Å². The summed E-state index contributed by atoms with van der Waals surface area (Å²) in [7, 11) is 0. The Morgan fingerprint density at radius 2 is 1.75 bits per heavy atom. The van der Waals surface area contributed by atoms with Gasteiger partial charge in [-0.1, -0.05) is 36.3 Å². The smallest absolute Gasteiger partial charge is 0.319 e. The monoisotopic (exact) mass is 748 g/mol. The van der Waals surface area contributed by atoms with Gasteiger partial charge in [-0.15, -0.1) is 0 Å². The van der Waals surface area contributed by atoms with Crippen molar-refractivity contribution in [2.45, 2.75) is 56.3 Å². The normalized spacial score (nSPS) is 21.0. The van der Waals surface area contributed by atoms with E-state index >= 15 is 0 Å². The fraction of sp³-hybridized carbons (Fsp3) is 0.316. The number of pyridine rings is 1. The van der Waals surface area contributed by atoms with E-state index < -0.39 is 24.5 Å². The number of anilines is 3. The molecule has 2 aromatic carbocycles. The summed E-state index contributed by atoms with van der Waals surface area (Å²) in [5.41, 5.74) is 3.81. The van der Waals surface area contributed by atoms with Crippen LogP contribution < -0.4 is 20.9 Å². The number of nitrogens with zero attached hydrogens (tertiary/aromatic N) is 7. The molecule has 6 heterocycles. The molecule has 0 bridgehead atoms. The highest BCUT2D eigenvalue weighted by Gasteiger charge is 2.47. The number of aliphatic hydroxyl groups is 2. The van der Waals surface area contributed by atoms with E-state index in [-0.39, 0.29) is 29.5 Å². The average Bonchev–Trinajstić information content (AvgIpc) is 4.01. The number of urea groups is 1. The van der Waals surface area contributed by atoms with Crippen LogP contribution in [0.3, 0.4) is 0 Å². The number of benzene rings is 2. The zero-order valence-corrected chi connectivity index (χ0v) is 29.7. The molecule has 2 aliphatic heterocycles. The number of amides is 2. The van der Waals surface area contributed by atoms with Crippen LogP contribution in [0.2, 0.25) is 0 Å². The number of fused-ring (bicyclic) bond motifs is 1. The lowest BCUT2D eigenvalue weighted by atomic mass is 9.91. The van der Waals surface area contributed by atoms with Gasteiger partial charge in [0, 0.05) is 43.9 Å². The number of aliphatic hydroxyl groups excluding tert-OH is 2. The first-order chi connectivity index (χ1) is 26.7. The van der Waals surface area contributed by atoms with Crippen molar-refractivity contribution >= 4 is 34.6 Å². The van der Waals surface area contributed by atoms with E-state index in [2.05, 4.69) is 31.1 Å². The molecule has 17 nitrogen and oxygen atoms in total. The van der Waals surface area contributed by atoms with Crippen LogP contribution in [0.1, 0.15) is 54.2 Å². The second-order valence-corrected chi connectivity index (χ2v) is 13.6. The van der Waals surface area contributed by atoms with Crippen molar-refractivity contribution in [2.24, 2.45) is 0 Å². The number of phenols is 2. The van der Waals surface area contributed by atoms with Crippen LogP contribution in [0, 0.1) is 0 Å². The number of hydrogen-bond donors (Lipinski definition) is 7. The number of ether oxygens (including phenoxy) is 1. The van der Waals surface area contributed by atoms with Crippen molar-refractivity contribution in [3.8, 4) is 11.5 Å². The fourth-order valence-electron chi connectivity index (χ4n) is 7.00. The summed E-state index contributed by atoms with van der Waals surface area (Å²) in [6.45, 7) is 3.22. The van der Waals surface area contributed by atoms with Crippen LogP contribution in [0.4, 0.5) is 22.2 Å². The molecule has 55 heavy (non-hydrogen) atoms. The van der Waals surface area contributed by atoms with Crippen molar-refractivity contribution in [3.63, 3.8) is 0 Å². The number of phenolic OH excluding ortho intramolecular Hbond substituents is 2. The summed E-state index contributed by atoms with van der Waals surface area (Å²) in [5.74, 6) is 1.09. The van der Waals surface area contributed by atoms with Gasteiger partial charge >= 0.3 is 6.03 Å². The largest absolute Gasteiger partial charge is 0.508 e. The Balaban J connectivity index is 1.11. The van der Waals surface area contributed by atoms with E-state index in [1.807, 2.05) is 36.1 Å². The fourth-order valence-corrected chi connectivity index (χ4v) is 7.00. The second-order valence-electron chi connectivity index (χ2n) is 13.6. The summed E-state index contributed by atoms with van der Waals surface area (Å²) in [6, 6.07) is 18.5. The van der Waals surface area contributed by atoms with Crippen LogP contribution in [0.15, 0.2) is 90.0 Å². The molecule has 2 amide bonds. The highest BCUT2D eigenvalue weighted by Crippen LogP contribution is 2.41. The van der Waals surface area contributed by atoms with Crippen molar-refractivity contribution in [2.75, 3.05) is 35.2 Å². The third-order valence-corrected chi connectivity index (χ3v) is 9.93. The quantitative estimate of drug-likeness (QED) is 0.1000. The van der Waals surface area contributed by atoms with Crippen LogP contribution >= 0.6 is 0 Å². The maximum Gasteiger partial charge on any atom is 0.319 e. The zero-order chi connectivity index (χ0) is 38.1. The molecule has 0 unspecified atom stereocenters. The Bertz CT molecular complexity index is 2200. The van der Waals surface area contributed by atoms with Gasteiger partial charge in [-0.25, -0.2) is 9.78 Å². The Kier molecular flexibility index (Phi) is 9.88. The summed E-state index contributed by atoms with van der Waals surface area (Å²) < 4.78 is 13.2. The van der Waals surface area contributed by atoms with Crippen molar-refractivity contribution < 1.29 is 34.5 Å². The van der Waals surface area contributed by atoms with E-state index in [1.165, 1.54) is 6.33 Å². The molecule has 7 N–H and O–H groups in total. The lowest BCUT2D eigenvalue weighted by Crippen LogP contribution is -2.40. The van der Waals surface area contributed by atoms with Crippen LogP contribution in [0.5, 0.6) is 11.5 Å². The van der Waals surface area contributed by atoms with E-state index in [4.69, 9.17) is 19.2 Å². The predicted octanol–water partition coefficient (Wildman–Crippen LogP) is 3.82. The third kappa shape index (κ3) is 7.44. The predicted molar refractivity (Wildman–Crippen MR) is 200 cm³/mol. The molecule has 0 saturated carbocycles. The number of imidazole rings is 1. The molecule has 8 rings (SSSR count). The van der Waals surface area contributed by atoms with Crippen molar-refractivity contribution in [1.82, 2.24) is 35.0 Å². The van der Waals surface area contributed by atoms with Gasteiger partial charge in [0.05, 0.1) is 23.9 Å². The molecule has 17 heteroatoms. The van der Waals surface area contributed by atoms with Gasteiger partial charge in [-0.05, 0) is 60.4 Å². The number of rotatable bonds is 11. The van der Waals surface area contributed by atoms with Gasteiger partial charge in [0.15, 0.2) is 29.0 Å². The highest BCUT2D eigenvalue weighted by atomic mass is 16.6. The first-order valence-corrected chi connectivity index (χ1v) is 18.0. The van der Waals surface area contributed by atoms with Crippen molar-refractivity contribution in [1.29, 1.82) is 0 Å². The topological polar surface area (TPSA) is 229 Å². The van der Waals surface area contributed by atoms with E-state index in [0.717, 1.165) is 11.1 Å². The van der Waals surface area contributed by atoms with Gasteiger partial charge in [-0.3, -0.25) is 9.55 Å². The molecule has 284 valence electrons. The Morgan fingerprint density at radius 1 is 1.00 bits per heavy atom. The average molecular weight is 749 g/mol. The minimum atomic E-state index is -1.36. The number of aryl methyl sites for hydroxylation is 1. The minimum Gasteiger partial charge on any atom is -0.508 e. The third-order valence-electron chi connectivity index (χ3n) is 9.93. The van der Waals surface area contributed by atoms with Gasteiger partial charge < -0.3 is 50.5 Å². The molecule has 6 aromatic rings. The standard InChI is InChI=1S/C38H40N10O7/c1-2-23-16-29(55-46-23)33-31(51)32(52)36(54-33)48-20-41-30-34(40-18-28(21-5-9-26(49)10-6-21)22-7-11-27(50)12-8-22)44-37(45-35(30)48)47-15-13-25(19-47)43-38(53)42-24-4-3-14-39-17-24/h3-12,14,16-17,20,25,28,31-33,36,49-52H,2,13,15,18-19H2,1H3,(H,40,44,45)(H2,42,43,53)/t25-,31+,32-,33-,36-/m1/s1. The molecule has 2 saturated heterocycles. The number of hydrogen-bond acceptors (Lipinski definition) is 14. The van der Waals surface area contributed by atoms with Gasteiger partial charge in [0.1, 0.15) is 29.8 Å². The molecular formula is C38H40N10O7. The molecule has 0 aliphatic carbocycles. The number of carbonyl (C=O) groups is 1. The summed E-state index contributed by atoms with van der Waals surface area (Å²) in [4.78, 5) is 33.3. The van der Waals surface area contributed by atoms with E-state index in [9.17, 15) is 25.2 Å². The molecule has 5 atom stereocenters. The van der Waals surface area contributed by atoms with E-state index in [0.29, 0.717) is 72.5 Å². The Labute approximate surface area is 314 Å². The number of carbonyl (C=O) groups excluding carboxylic acids is 1. The highest BCUT2D eigenvalue weighted by molar-refractivity contribution is 5.89. The molecule has 2 aliphatic rings. The second kappa shape index (κ2) is 15.2. The summed E-state index contributed by atoms with van der Waals surface area (Å²) in [6.07, 6.45) is 1.19. The van der Waals surface area contributed by atoms with Crippen LogP contribution in [-0.2, 0) is 11.2 Å². The maximum absolute atomic E-state index is 12.8. The first-order valence-electron chi connectivity index (χ1n) is 18.0. The lowest BCUT2D eigenvalue weighted by molar-refractivity contribution is -0.0434. The summed E-state index contributed by atoms with van der Waals surface area (Å²) >= 11 is 0. The maximum atomic E-state index is 12.8. The van der Waals surface area contributed by atoms with Crippen molar-refractivity contribution in [3.05, 3.63) is 108 Å². The minimum absolute atomic E-state index is 0.139. The molecule has 2 fully saturated rings.